The molecule has 0 aliphatic carbocycles. The van der Waals surface area contributed by atoms with Crippen LogP contribution in [0.15, 0.2) is 36.4 Å². The first-order valence-corrected chi connectivity index (χ1v) is 9.49. The van der Waals surface area contributed by atoms with Crippen molar-refractivity contribution in [1.29, 1.82) is 0 Å². The van der Waals surface area contributed by atoms with Crippen molar-refractivity contribution < 1.29 is 14.0 Å². The number of benzene rings is 2. The maximum Gasteiger partial charge on any atom is 0.346 e. The van der Waals surface area contributed by atoms with Crippen LogP contribution >= 0.6 is 7.67 Å². The van der Waals surface area contributed by atoms with Gasteiger partial charge < -0.3 is 0 Å². The van der Waals surface area contributed by atoms with Crippen LogP contribution in [0.2, 0.25) is 0 Å². The fourth-order valence-corrected chi connectivity index (χ4v) is 5.33. The number of hydrogen-bond acceptors (Lipinski definition) is 4. The Morgan fingerprint density at radius 3 is 2.21 bits per heavy atom. The van der Waals surface area contributed by atoms with Crippen LogP contribution in [0.5, 0.6) is 0 Å². The topological polar surface area (TPSA) is 75.5 Å². The normalized spacial score (nSPS) is 19.4. The van der Waals surface area contributed by atoms with E-state index in [1.165, 1.54) is 6.07 Å². The van der Waals surface area contributed by atoms with Gasteiger partial charge >= 0.3 is 7.67 Å². The molecule has 2 aromatic rings. The Balaban J connectivity index is 1.72. The Hall–Kier alpha value is -1.79. The molecule has 24 heavy (non-hydrogen) atoms. The van der Waals surface area contributed by atoms with Gasteiger partial charge in [0.1, 0.15) is 0 Å². The summed E-state index contributed by atoms with van der Waals surface area (Å²) in [6, 6.07) is 10.4. The van der Waals surface area contributed by atoms with Crippen molar-refractivity contribution in [2.75, 3.05) is 26.2 Å². The molecule has 1 atom stereocenters. The highest BCUT2D eigenvalue weighted by atomic mass is 31.2. The van der Waals surface area contributed by atoms with Crippen LogP contribution in [0.4, 0.5) is 5.69 Å². The molecule has 0 bridgehead atoms. The number of fused-ring (bicyclic) bond motifs is 1. The molecule has 2 aliphatic rings. The van der Waals surface area contributed by atoms with Crippen molar-refractivity contribution in [3.05, 3.63) is 52.1 Å². The maximum atomic E-state index is 13.2. The van der Waals surface area contributed by atoms with E-state index in [0.717, 1.165) is 37.1 Å². The Morgan fingerprint density at radius 2 is 1.67 bits per heavy atom. The van der Waals surface area contributed by atoms with Crippen LogP contribution in [0, 0.1) is 10.1 Å². The van der Waals surface area contributed by atoms with Gasteiger partial charge in [0.2, 0.25) is 0 Å². The fourth-order valence-electron chi connectivity index (χ4n) is 2.99. The predicted molar refractivity (Wildman–Crippen MR) is 90.9 cm³/mol. The smallest absolute Gasteiger partial charge is 0.298 e. The maximum absolute atomic E-state index is 13.2. The van der Waals surface area contributed by atoms with E-state index >= 15 is 0 Å². The number of hydrogen-bond donors (Lipinski definition) is 0. The first-order chi connectivity index (χ1) is 11.5. The summed E-state index contributed by atoms with van der Waals surface area (Å²) in [5, 5.41) is 12.6. The summed E-state index contributed by atoms with van der Waals surface area (Å²) >= 11 is 0. The van der Waals surface area contributed by atoms with Gasteiger partial charge in [-0.2, -0.15) is 0 Å². The first-order valence-electron chi connectivity index (χ1n) is 7.96. The zero-order valence-electron chi connectivity index (χ0n) is 13.3. The van der Waals surface area contributed by atoms with E-state index in [0.29, 0.717) is 5.39 Å². The predicted octanol–water partition coefficient (Wildman–Crippen LogP) is 3.56. The van der Waals surface area contributed by atoms with Crippen LogP contribution < -0.4 is 0 Å². The van der Waals surface area contributed by atoms with Gasteiger partial charge in [0.05, 0.1) is 16.4 Å². The number of rotatable bonds is 6. The molecule has 0 spiro atoms. The lowest BCUT2D eigenvalue weighted by molar-refractivity contribution is -0.383. The van der Waals surface area contributed by atoms with Crippen LogP contribution in [-0.4, -0.2) is 40.4 Å². The van der Waals surface area contributed by atoms with Gasteiger partial charge in [0.15, 0.2) is 0 Å². The number of nitro groups is 1. The van der Waals surface area contributed by atoms with Gasteiger partial charge in [-0.05, 0) is 30.0 Å². The van der Waals surface area contributed by atoms with Crippen molar-refractivity contribution >= 4 is 24.1 Å². The second-order valence-corrected chi connectivity index (χ2v) is 8.45. The van der Waals surface area contributed by atoms with Crippen molar-refractivity contribution in [1.82, 2.24) is 9.34 Å². The summed E-state index contributed by atoms with van der Waals surface area (Å²) in [6.45, 7) is 5.03. The highest BCUT2D eigenvalue weighted by molar-refractivity contribution is 7.54. The quantitative estimate of drug-likeness (QED) is 0.344. The van der Waals surface area contributed by atoms with Crippen molar-refractivity contribution in [2.45, 2.75) is 13.0 Å². The second-order valence-electron chi connectivity index (χ2n) is 6.12. The van der Waals surface area contributed by atoms with Crippen molar-refractivity contribution in [3.63, 3.8) is 0 Å². The van der Waals surface area contributed by atoms with E-state index in [9.17, 15) is 14.7 Å². The molecule has 4 rings (SSSR count). The van der Waals surface area contributed by atoms with Crippen LogP contribution in [0.1, 0.15) is 18.6 Å². The fraction of sp³-hybridized carbons (Fsp3) is 0.375. The molecule has 0 unspecified atom stereocenters. The molecule has 2 aliphatic heterocycles. The molecular formula is C16H18N3O4P. The molecular weight excluding hydrogens is 329 g/mol. The molecule has 2 heterocycles. The van der Waals surface area contributed by atoms with Crippen LogP contribution in [-0.2, 0) is 9.09 Å². The average molecular weight is 347 g/mol. The molecule has 2 aromatic carbocycles. The number of non-ortho nitro benzene ring substituents is 1. The summed E-state index contributed by atoms with van der Waals surface area (Å²) in [5.74, 6) is 0. The molecule has 0 saturated carbocycles. The van der Waals surface area contributed by atoms with Crippen LogP contribution in [0.3, 0.4) is 0 Å². The monoisotopic (exact) mass is 347 g/mol. The van der Waals surface area contributed by atoms with Gasteiger partial charge in [-0.3, -0.25) is 19.2 Å². The lowest BCUT2D eigenvalue weighted by Gasteiger charge is -2.24. The molecule has 0 radical (unpaired) electrons. The van der Waals surface area contributed by atoms with Gasteiger partial charge in [-0.15, -0.1) is 0 Å². The second kappa shape index (κ2) is 5.63. The SMILES string of the molecule is C[C@@H](OP(=O)(N1CC1)N1CC1)c1ccc([N+](=O)[O-])c2ccccc12. The van der Waals surface area contributed by atoms with Crippen LogP contribution in [0.25, 0.3) is 10.8 Å². The van der Waals surface area contributed by atoms with Crippen molar-refractivity contribution in [3.8, 4) is 0 Å². The summed E-state index contributed by atoms with van der Waals surface area (Å²) < 4.78 is 22.9. The molecule has 2 saturated heterocycles. The van der Waals surface area contributed by atoms with Gasteiger partial charge in [-0.1, -0.05) is 18.2 Å². The third-order valence-corrected chi connectivity index (χ3v) is 7.25. The Kier molecular flexibility index (Phi) is 3.69. The molecule has 8 heteroatoms. The minimum atomic E-state index is -2.94. The number of nitrogens with zero attached hydrogens (tertiary/aromatic N) is 3. The molecule has 0 N–H and O–H groups in total. The van der Waals surface area contributed by atoms with Crippen molar-refractivity contribution in [2.24, 2.45) is 0 Å². The van der Waals surface area contributed by atoms with Gasteiger partial charge in [0, 0.05) is 32.2 Å². The zero-order chi connectivity index (χ0) is 16.9. The van der Waals surface area contributed by atoms with E-state index in [1.807, 2.05) is 28.4 Å². The van der Waals surface area contributed by atoms with E-state index in [4.69, 9.17) is 4.52 Å². The Bertz CT molecular complexity index is 848. The van der Waals surface area contributed by atoms with Gasteiger partial charge in [-0.25, -0.2) is 9.34 Å². The minimum Gasteiger partial charge on any atom is -0.298 e. The van der Waals surface area contributed by atoms with E-state index in [-0.39, 0.29) is 10.6 Å². The van der Waals surface area contributed by atoms with E-state index in [1.54, 1.807) is 18.2 Å². The highest BCUT2D eigenvalue weighted by Gasteiger charge is 2.50. The third-order valence-electron chi connectivity index (χ3n) is 4.43. The molecule has 2 fully saturated rings. The zero-order valence-corrected chi connectivity index (χ0v) is 14.2. The largest absolute Gasteiger partial charge is 0.346 e. The lowest BCUT2D eigenvalue weighted by atomic mass is 10.00. The molecule has 126 valence electrons. The summed E-state index contributed by atoms with van der Waals surface area (Å²) in [5.41, 5.74) is 0.891. The number of nitro benzene ring substituents is 1. The molecule has 7 nitrogen and oxygen atoms in total. The Morgan fingerprint density at radius 1 is 1.08 bits per heavy atom. The molecule has 0 amide bonds. The third kappa shape index (κ3) is 2.63. The molecule has 0 aromatic heterocycles. The highest BCUT2D eigenvalue weighted by Crippen LogP contribution is 2.63. The van der Waals surface area contributed by atoms with E-state index in [2.05, 4.69) is 0 Å². The standard InChI is InChI=1S/C16H18N3O4P/c1-12(23-24(22,17-8-9-17)18-10-11-18)13-6-7-16(19(20)21)15-5-3-2-4-14(13)15/h2-7,12H,8-11H2,1H3/t12-/m1/s1. The Labute approximate surface area is 139 Å². The van der Waals surface area contributed by atoms with E-state index < -0.39 is 13.8 Å². The lowest BCUT2D eigenvalue weighted by Crippen LogP contribution is -2.11. The summed E-state index contributed by atoms with van der Waals surface area (Å²) in [4.78, 5) is 10.9. The average Bonchev–Trinajstić information content (AvgIpc) is 3.44. The first kappa shape index (κ1) is 15.7. The van der Waals surface area contributed by atoms with Gasteiger partial charge in [0.25, 0.3) is 5.69 Å². The summed E-state index contributed by atoms with van der Waals surface area (Å²) in [7, 11) is -2.94. The summed E-state index contributed by atoms with van der Waals surface area (Å²) in [6.07, 6.45) is -0.414. The minimum absolute atomic E-state index is 0.0709.